The van der Waals surface area contributed by atoms with E-state index in [0.717, 1.165) is 36.2 Å². The number of halogens is 3. The van der Waals surface area contributed by atoms with Crippen molar-refractivity contribution >= 4 is 33.6 Å². The molecular formula is C24H31F3N2OS. The summed E-state index contributed by atoms with van der Waals surface area (Å²) < 4.78 is 43.3. The van der Waals surface area contributed by atoms with Crippen molar-refractivity contribution in [3.05, 3.63) is 45.4 Å². The molecule has 0 aliphatic carbocycles. The van der Waals surface area contributed by atoms with Gasteiger partial charge in [-0.05, 0) is 62.3 Å². The Morgan fingerprint density at radius 3 is 2.42 bits per heavy atom. The summed E-state index contributed by atoms with van der Waals surface area (Å²) >= 11 is 2.02. The van der Waals surface area contributed by atoms with Crippen molar-refractivity contribution in [3.63, 3.8) is 0 Å². The fourth-order valence-electron chi connectivity index (χ4n) is 4.20. The van der Waals surface area contributed by atoms with E-state index in [1.807, 2.05) is 31.7 Å². The molecule has 0 unspecified atom stereocenters. The average Bonchev–Trinajstić information content (AvgIpc) is 2.96. The highest BCUT2D eigenvalue weighted by atomic mass is 32.2. The van der Waals surface area contributed by atoms with Gasteiger partial charge in [0, 0.05) is 40.1 Å². The van der Waals surface area contributed by atoms with Gasteiger partial charge in [-0.15, -0.1) is 0 Å². The normalized spacial score (nSPS) is 12.3. The fraction of sp³-hybridized carbons (Fsp3) is 0.542. The molecule has 0 saturated carbocycles. The van der Waals surface area contributed by atoms with Crippen LogP contribution >= 0.6 is 11.8 Å². The van der Waals surface area contributed by atoms with Gasteiger partial charge in [0.1, 0.15) is 0 Å². The maximum Gasteiger partial charge on any atom is 0.417 e. The van der Waals surface area contributed by atoms with Gasteiger partial charge in [0.15, 0.2) is 0 Å². The number of nitrogens with zero attached hydrogens (tertiary/aromatic N) is 1. The Labute approximate surface area is 185 Å². The third kappa shape index (κ3) is 5.30. The highest BCUT2D eigenvalue weighted by Gasteiger charge is 2.34. The summed E-state index contributed by atoms with van der Waals surface area (Å²) in [5.74, 6) is 2.44. The van der Waals surface area contributed by atoms with Gasteiger partial charge in [0.05, 0.1) is 5.56 Å². The SMILES string of the molecule is CCCCSCCCCCCn1c(C)c(C)c2c3c(C(F)(F)F)cc(=O)[nH]c3ccc21. The largest absolute Gasteiger partial charge is 0.417 e. The number of unbranched alkanes of at least 4 members (excludes halogenated alkanes) is 4. The predicted molar refractivity (Wildman–Crippen MR) is 125 cm³/mol. The van der Waals surface area contributed by atoms with Gasteiger partial charge in [-0.3, -0.25) is 4.79 Å². The van der Waals surface area contributed by atoms with Crippen molar-refractivity contribution in [2.75, 3.05) is 11.5 Å². The lowest BCUT2D eigenvalue weighted by Gasteiger charge is -2.12. The van der Waals surface area contributed by atoms with Gasteiger partial charge in [-0.1, -0.05) is 26.2 Å². The van der Waals surface area contributed by atoms with Gasteiger partial charge in [-0.2, -0.15) is 24.9 Å². The molecule has 0 aliphatic rings. The molecule has 0 amide bonds. The van der Waals surface area contributed by atoms with E-state index in [4.69, 9.17) is 0 Å². The standard InChI is InChI=1S/C24H31F3N2OS/c1-4-5-13-31-14-9-7-6-8-12-29-17(3)16(2)22-20(29)11-10-19-23(22)18(24(25,26)27)15-21(30)28-19/h10-11,15H,4-9,12-14H2,1-3H3,(H,28,30). The number of hydrogen-bond donors (Lipinski definition) is 1. The van der Waals surface area contributed by atoms with Crippen LogP contribution < -0.4 is 5.56 Å². The van der Waals surface area contributed by atoms with E-state index in [1.165, 1.54) is 37.2 Å². The Hall–Kier alpha value is -1.89. The second-order valence-electron chi connectivity index (χ2n) is 8.17. The van der Waals surface area contributed by atoms with Crippen LogP contribution in [0.4, 0.5) is 13.2 Å². The van der Waals surface area contributed by atoms with Crippen molar-refractivity contribution < 1.29 is 13.2 Å². The van der Waals surface area contributed by atoms with E-state index in [9.17, 15) is 18.0 Å². The Morgan fingerprint density at radius 2 is 1.71 bits per heavy atom. The van der Waals surface area contributed by atoms with Crippen molar-refractivity contribution in [1.82, 2.24) is 9.55 Å². The maximum atomic E-state index is 13.7. The quantitative estimate of drug-likeness (QED) is 0.330. The molecule has 2 aromatic heterocycles. The van der Waals surface area contributed by atoms with Crippen molar-refractivity contribution in [2.45, 2.75) is 72.0 Å². The number of aryl methyl sites for hydroxylation is 2. The molecule has 1 aromatic carbocycles. The van der Waals surface area contributed by atoms with E-state index < -0.39 is 17.3 Å². The smallest absolute Gasteiger partial charge is 0.345 e. The molecule has 3 rings (SSSR count). The number of aromatic nitrogens is 2. The number of thioether (sulfide) groups is 1. The lowest BCUT2D eigenvalue weighted by molar-refractivity contribution is -0.136. The van der Waals surface area contributed by atoms with Crippen molar-refractivity contribution in [2.24, 2.45) is 0 Å². The van der Waals surface area contributed by atoms with Gasteiger partial charge in [0.25, 0.3) is 0 Å². The van der Waals surface area contributed by atoms with E-state index in [1.54, 1.807) is 6.07 Å². The lowest BCUT2D eigenvalue weighted by atomic mass is 10.0. The summed E-state index contributed by atoms with van der Waals surface area (Å²) in [7, 11) is 0. The van der Waals surface area contributed by atoms with Crippen LogP contribution in [0.15, 0.2) is 23.0 Å². The molecule has 170 valence electrons. The fourth-order valence-corrected chi connectivity index (χ4v) is 5.31. The zero-order chi connectivity index (χ0) is 22.6. The Morgan fingerprint density at radius 1 is 1.00 bits per heavy atom. The summed E-state index contributed by atoms with van der Waals surface area (Å²) in [6, 6.07) is 4.10. The summed E-state index contributed by atoms with van der Waals surface area (Å²) in [5.41, 5.74) is 1.25. The average molecular weight is 453 g/mol. The highest BCUT2D eigenvalue weighted by Crippen LogP contribution is 2.39. The number of pyridine rings is 1. The zero-order valence-electron chi connectivity index (χ0n) is 18.5. The van der Waals surface area contributed by atoms with Crippen molar-refractivity contribution in [3.8, 4) is 0 Å². The third-order valence-corrected chi connectivity index (χ3v) is 7.12. The van der Waals surface area contributed by atoms with Crippen molar-refractivity contribution in [1.29, 1.82) is 0 Å². The number of fused-ring (bicyclic) bond motifs is 3. The molecule has 3 nitrogen and oxygen atoms in total. The van der Waals surface area contributed by atoms with Crippen LogP contribution in [0.2, 0.25) is 0 Å². The van der Waals surface area contributed by atoms with E-state index >= 15 is 0 Å². The predicted octanol–water partition coefficient (Wildman–Crippen LogP) is 7.21. The van der Waals surface area contributed by atoms with E-state index in [0.29, 0.717) is 11.5 Å². The topological polar surface area (TPSA) is 37.8 Å². The Bertz CT molecular complexity index is 1100. The molecule has 2 heterocycles. The summed E-state index contributed by atoms with van der Waals surface area (Å²) in [4.78, 5) is 14.4. The van der Waals surface area contributed by atoms with Crippen LogP contribution in [0.1, 0.15) is 62.3 Å². The minimum atomic E-state index is -4.58. The number of H-pyrrole nitrogens is 1. The zero-order valence-corrected chi connectivity index (χ0v) is 19.3. The third-order valence-electron chi connectivity index (χ3n) is 5.97. The molecule has 0 atom stereocenters. The number of aromatic amines is 1. The van der Waals surface area contributed by atoms with Crippen LogP contribution in [-0.4, -0.2) is 21.1 Å². The maximum absolute atomic E-state index is 13.7. The van der Waals surface area contributed by atoms with Crippen LogP contribution in [0.3, 0.4) is 0 Å². The van der Waals surface area contributed by atoms with Crippen LogP contribution in [0, 0.1) is 13.8 Å². The first-order valence-corrected chi connectivity index (χ1v) is 12.2. The number of hydrogen-bond acceptors (Lipinski definition) is 2. The minimum Gasteiger partial charge on any atom is -0.345 e. The van der Waals surface area contributed by atoms with Crippen LogP contribution in [-0.2, 0) is 12.7 Å². The molecule has 31 heavy (non-hydrogen) atoms. The summed E-state index contributed by atoms with van der Waals surface area (Å²) in [5, 5.41) is 0.680. The molecule has 0 radical (unpaired) electrons. The lowest BCUT2D eigenvalue weighted by Crippen LogP contribution is -2.14. The molecular weight excluding hydrogens is 421 g/mol. The van der Waals surface area contributed by atoms with Gasteiger partial charge in [-0.25, -0.2) is 0 Å². The number of alkyl halides is 3. The molecule has 1 N–H and O–H groups in total. The molecule has 0 fully saturated rings. The monoisotopic (exact) mass is 452 g/mol. The first kappa shape index (κ1) is 23.8. The molecule has 0 bridgehead atoms. The number of benzene rings is 1. The molecule has 7 heteroatoms. The number of nitrogens with one attached hydrogen (secondary N) is 1. The first-order valence-electron chi connectivity index (χ1n) is 11.1. The van der Waals surface area contributed by atoms with Crippen LogP contribution in [0.5, 0.6) is 0 Å². The summed E-state index contributed by atoms with van der Waals surface area (Å²) in [6.07, 6.45) is 2.44. The number of rotatable bonds is 10. The first-order chi connectivity index (χ1) is 14.8. The molecule has 0 saturated heterocycles. The Balaban J connectivity index is 1.82. The van der Waals surface area contributed by atoms with Crippen LogP contribution in [0.25, 0.3) is 21.8 Å². The molecule has 0 spiro atoms. The second kappa shape index (κ2) is 10.2. The van der Waals surface area contributed by atoms with E-state index in [-0.39, 0.29) is 10.9 Å². The molecule has 0 aliphatic heterocycles. The Kier molecular flexibility index (Phi) is 7.78. The molecule has 3 aromatic rings. The van der Waals surface area contributed by atoms with Gasteiger partial charge < -0.3 is 9.55 Å². The van der Waals surface area contributed by atoms with Gasteiger partial charge in [0.2, 0.25) is 5.56 Å². The summed E-state index contributed by atoms with van der Waals surface area (Å²) in [6.45, 7) is 6.83. The van der Waals surface area contributed by atoms with Gasteiger partial charge >= 0.3 is 6.18 Å². The highest BCUT2D eigenvalue weighted by molar-refractivity contribution is 7.99. The second-order valence-corrected chi connectivity index (χ2v) is 9.39. The minimum absolute atomic E-state index is 0.0908. The van der Waals surface area contributed by atoms with E-state index in [2.05, 4.69) is 16.5 Å².